The molecular formula is C62H55BN2OS. The molecule has 12 rings (SSSR count). The van der Waals surface area contributed by atoms with Crippen LogP contribution in [0.1, 0.15) is 79.0 Å². The first kappa shape index (κ1) is 41.6. The van der Waals surface area contributed by atoms with Gasteiger partial charge < -0.3 is 14.3 Å². The van der Waals surface area contributed by atoms with Crippen LogP contribution in [0.15, 0.2) is 162 Å². The molecule has 328 valence electrons. The number of anilines is 2. The van der Waals surface area contributed by atoms with Gasteiger partial charge in [0, 0.05) is 70.1 Å². The second kappa shape index (κ2) is 14.8. The van der Waals surface area contributed by atoms with Crippen LogP contribution < -0.4 is 16.2 Å². The van der Waals surface area contributed by atoms with Crippen molar-refractivity contribution in [2.45, 2.75) is 78.6 Å². The largest absolute Gasteiger partial charge is 0.455 e. The summed E-state index contributed by atoms with van der Waals surface area (Å²) in [5, 5.41) is 10.4. The van der Waals surface area contributed by atoms with Crippen molar-refractivity contribution in [1.29, 1.82) is 0 Å². The highest BCUT2D eigenvalue weighted by Gasteiger charge is 2.33. The molecule has 11 aromatic rings. The molecule has 1 aliphatic rings. The molecule has 0 bridgehead atoms. The van der Waals surface area contributed by atoms with Gasteiger partial charge in [-0.1, -0.05) is 171 Å². The van der Waals surface area contributed by atoms with E-state index in [2.05, 4.69) is 230 Å². The molecule has 3 aromatic heterocycles. The highest BCUT2D eigenvalue weighted by Crippen LogP contribution is 2.50. The number of nitrogens with one attached hydrogen (secondary N) is 1. The van der Waals surface area contributed by atoms with Crippen molar-refractivity contribution in [1.82, 2.24) is 4.57 Å². The second-order valence-electron chi connectivity index (χ2n) is 21.9. The van der Waals surface area contributed by atoms with Gasteiger partial charge in [-0.05, 0) is 104 Å². The predicted octanol–water partition coefficient (Wildman–Crippen LogP) is 16.2. The fourth-order valence-corrected chi connectivity index (χ4v) is 11.9. The average molecular weight is 887 g/mol. The van der Waals surface area contributed by atoms with Crippen molar-refractivity contribution in [2.24, 2.45) is 0 Å². The highest BCUT2D eigenvalue weighted by molar-refractivity contribution is 7.27. The Labute approximate surface area is 398 Å². The third-order valence-electron chi connectivity index (χ3n) is 14.3. The van der Waals surface area contributed by atoms with Crippen molar-refractivity contribution >= 4 is 93.9 Å². The van der Waals surface area contributed by atoms with Gasteiger partial charge in [0.2, 0.25) is 0 Å². The minimum Gasteiger partial charge on any atom is -0.455 e. The van der Waals surface area contributed by atoms with Gasteiger partial charge >= 0.3 is 0 Å². The van der Waals surface area contributed by atoms with Gasteiger partial charge in [0.15, 0.2) is 7.28 Å². The zero-order valence-electron chi connectivity index (χ0n) is 40.0. The molecule has 0 unspecified atom stereocenters. The lowest BCUT2D eigenvalue weighted by molar-refractivity contribution is 0.590. The first-order chi connectivity index (χ1) is 32.1. The van der Waals surface area contributed by atoms with Crippen molar-refractivity contribution in [2.75, 3.05) is 5.32 Å². The predicted molar refractivity (Wildman–Crippen MR) is 292 cm³/mol. The quantitative estimate of drug-likeness (QED) is 0.175. The molecule has 0 spiro atoms. The van der Waals surface area contributed by atoms with Gasteiger partial charge in [-0.15, -0.1) is 11.3 Å². The molecular weight excluding hydrogens is 832 g/mol. The molecule has 5 heteroatoms. The van der Waals surface area contributed by atoms with Gasteiger partial charge in [-0.2, -0.15) is 0 Å². The minimum absolute atomic E-state index is 0.0246. The average Bonchev–Trinajstić information content (AvgIpc) is 3.99. The first-order valence-corrected chi connectivity index (χ1v) is 24.6. The fourth-order valence-electron chi connectivity index (χ4n) is 10.7. The van der Waals surface area contributed by atoms with E-state index in [1.165, 1.54) is 86.4 Å². The summed E-state index contributed by atoms with van der Waals surface area (Å²) in [6.07, 6.45) is 0. The van der Waals surface area contributed by atoms with Gasteiger partial charge in [0.05, 0.1) is 11.0 Å². The van der Waals surface area contributed by atoms with Crippen molar-refractivity contribution in [3.8, 4) is 39.3 Å². The lowest BCUT2D eigenvalue weighted by Crippen LogP contribution is -2.37. The first-order valence-electron chi connectivity index (χ1n) is 23.8. The van der Waals surface area contributed by atoms with Gasteiger partial charge in [0.1, 0.15) is 11.3 Å². The number of thiophene rings is 1. The molecule has 1 aliphatic heterocycles. The van der Waals surface area contributed by atoms with Crippen LogP contribution in [0.25, 0.3) is 92.2 Å². The minimum atomic E-state index is -0.0680. The van der Waals surface area contributed by atoms with Gasteiger partial charge in [0.25, 0.3) is 0 Å². The summed E-state index contributed by atoms with van der Waals surface area (Å²) < 4.78 is 12.3. The number of aromatic nitrogens is 1. The molecule has 0 fully saturated rings. The summed E-state index contributed by atoms with van der Waals surface area (Å²) in [7, 11) is 0.751. The molecule has 4 heterocycles. The number of hydrogen-bond acceptors (Lipinski definition) is 3. The number of fused-ring (bicyclic) bond motifs is 10. The lowest BCUT2D eigenvalue weighted by Gasteiger charge is -2.27. The maximum absolute atomic E-state index is 7.07. The maximum atomic E-state index is 7.07. The second-order valence-corrected chi connectivity index (χ2v) is 22.9. The van der Waals surface area contributed by atoms with Gasteiger partial charge in [-0.25, -0.2) is 0 Å². The molecule has 3 nitrogen and oxygen atoms in total. The van der Waals surface area contributed by atoms with E-state index in [1.807, 2.05) is 11.3 Å². The molecule has 67 heavy (non-hydrogen) atoms. The van der Waals surface area contributed by atoms with Crippen LogP contribution in [0.5, 0.6) is 0 Å². The number of benzene rings is 8. The van der Waals surface area contributed by atoms with E-state index >= 15 is 0 Å². The van der Waals surface area contributed by atoms with Crippen molar-refractivity contribution in [3.05, 3.63) is 174 Å². The van der Waals surface area contributed by atoms with Gasteiger partial charge in [-0.3, -0.25) is 0 Å². The lowest BCUT2D eigenvalue weighted by atomic mass is 9.58. The molecule has 0 amide bonds. The molecule has 0 saturated heterocycles. The van der Waals surface area contributed by atoms with Crippen molar-refractivity contribution < 1.29 is 4.42 Å². The third kappa shape index (κ3) is 6.68. The summed E-state index contributed by atoms with van der Waals surface area (Å²) in [4.78, 5) is 0. The molecule has 8 aromatic carbocycles. The molecule has 0 aliphatic carbocycles. The summed E-state index contributed by atoms with van der Waals surface area (Å²) >= 11 is 1.94. The Balaban J connectivity index is 1.22. The standard InChI is InChI=1S/C62H55BN2OS/c1-60(2,3)38-24-28-41(29-25-38)64-47-30-26-39(61(4,5)6)32-43(47)53-54-42-22-16-17-23-51(42)67-59(54)55-44-33-40(62(7,8)9)27-31-48(44)65-49-34-45-50(35-46(49)63-56(53)57(55)65)66-58(37-20-14-11-15-21-37)52(45)36-18-12-10-13-19-36/h10-35,63-64H,1-9H3. The molecule has 0 radical (unpaired) electrons. The fraction of sp³-hybridized carbons (Fsp3) is 0.194. The summed E-state index contributed by atoms with van der Waals surface area (Å²) in [6, 6.07) is 58.7. The summed E-state index contributed by atoms with van der Waals surface area (Å²) in [6.45, 7) is 20.8. The molecule has 0 saturated carbocycles. The van der Waals surface area contributed by atoms with E-state index in [1.54, 1.807) is 0 Å². The summed E-state index contributed by atoms with van der Waals surface area (Å²) in [5.41, 5.74) is 19.3. The maximum Gasteiger partial charge on any atom is 0.198 e. The highest BCUT2D eigenvalue weighted by atomic mass is 32.1. The van der Waals surface area contributed by atoms with Crippen LogP contribution in [0, 0.1) is 0 Å². The summed E-state index contributed by atoms with van der Waals surface area (Å²) in [5.74, 6) is 0.900. The van der Waals surface area contributed by atoms with E-state index in [0.717, 1.165) is 52.1 Å². The Morgan fingerprint density at radius 1 is 0.537 bits per heavy atom. The van der Waals surface area contributed by atoms with E-state index < -0.39 is 0 Å². The smallest absolute Gasteiger partial charge is 0.198 e. The molecule has 1 N–H and O–H groups in total. The van der Waals surface area contributed by atoms with Crippen LogP contribution in [0.3, 0.4) is 0 Å². The van der Waals surface area contributed by atoms with E-state index in [0.29, 0.717) is 0 Å². The topological polar surface area (TPSA) is 30.1 Å². The zero-order valence-corrected chi connectivity index (χ0v) is 40.8. The van der Waals surface area contributed by atoms with Crippen LogP contribution in [-0.4, -0.2) is 11.8 Å². The zero-order chi connectivity index (χ0) is 46.1. The number of hydrogen-bond donors (Lipinski definition) is 1. The van der Waals surface area contributed by atoms with Crippen LogP contribution in [0.2, 0.25) is 0 Å². The van der Waals surface area contributed by atoms with Crippen LogP contribution in [-0.2, 0) is 16.2 Å². The Hall–Kier alpha value is -6.82. The number of furan rings is 1. The molecule has 0 atom stereocenters. The van der Waals surface area contributed by atoms with Crippen molar-refractivity contribution in [3.63, 3.8) is 0 Å². The Morgan fingerprint density at radius 2 is 1.16 bits per heavy atom. The van der Waals surface area contributed by atoms with E-state index in [9.17, 15) is 0 Å². The van der Waals surface area contributed by atoms with E-state index in [-0.39, 0.29) is 16.2 Å². The van der Waals surface area contributed by atoms with Crippen LogP contribution in [0.4, 0.5) is 11.4 Å². The van der Waals surface area contributed by atoms with E-state index in [4.69, 9.17) is 4.42 Å². The Morgan fingerprint density at radius 3 is 1.87 bits per heavy atom. The monoisotopic (exact) mass is 886 g/mol. The van der Waals surface area contributed by atoms with Crippen LogP contribution >= 0.6 is 11.3 Å². The Kier molecular flexibility index (Phi) is 9.22. The number of nitrogens with zero attached hydrogens (tertiary/aromatic N) is 1. The SMILES string of the molecule is CC(C)(C)c1ccc(Nc2ccc(C(C)(C)C)cc2-c2c3c4c(c5cc(C(C)(C)C)ccc5n4-c4cc5c(-c6ccccc6)c(-c6ccccc6)oc5cc4B3)c3sc4ccccc4c23)cc1. The Bertz CT molecular complexity index is 3770. The number of rotatable bonds is 5. The normalized spacial score (nSPS) is 13.0. The third-order valence-corrected chi connectivity index (χ3v) is 15.5.